The highest BCUT2D eigenvalue weighted by molar-refractivity contribution is 6.32. The lowest BCUT2D eigenvalue weighted by atomic mass is 10.1. The average Bonchev–Trinajstić information content (AvgIpc) is 2.13. The number of nitrogens with one attached hydrogen (secondary N) is 1. The Morgan fingerprint density at radius 3 is 2.71 bits per heavy atom. The molecule has 1 aromatic rings. The number of hydrogen-bond acceptors (Lipinski definition) is 2. The van der Waals surface area contributed by atoms with E-state index in [4.69, 9.17) is 16.7 Å². The number of amides is 1. The zero-order chi connectivity index (χ0) is 10.7. The normalized spacial score (nSPS) is 9.57. The maximum Gasteiger partial charge on any atom is 0.337 e. The monoisotopic (exact) mass is 213 g/mol. The molecular formula is C9H8ClNO3. The van der Waals surface area contributed by atoms with Crippen LogP contribution in [0.4, 0.5) is 5.69 Å². The van der Waals surface area contributed by atoms with Gasteiger partial charge in [-0.15, -0.1) is 0 Å². The maximum atomic E-state index is 10.8. The van der Waals surface area contributed by atoms with Gasteiger partial charge in [-0.1, -0.05) is 11.6 Å². The van der Waals surface area contributed by atoms with Crippen LogP contribution in [0.2, 0.25) is 5.02 Å². The molecule has 1 amide bonds. The molecule has 0 aliphatic carbocycles. The molecule has 5 heteroatoms. The molecule has 0 fully saturated rings. The van der Waals surface area contributed by atoms with Gasteiger partial charge in [0.1, 0.15) is 0 Å². The van der Waals surface area contributed by atoms with Crippen molar-refractivity contribution in [1.82, 2.24) is 0 Å². The van der Waals surface area contributed by atoms with Gasteiger partial charge in [-0.2, -0.15) is 0 Å². The summed E-state index contributed by atoms with van der Waals surface area (Å²) < 4.78 is 0. The van der Waals surface area contributed by atoms with Gasteiger partial charge >= 0.3 is 5.97 Å². The quantitative estimate of drug-likeness (QED) is 0.754. The minimum atomic E-state index is -1.10. The lowest BCUT2D eigenvalue weighted by Gasteiger charge is -2.09. The number of hydrogen-bond donors (Lipinski definition) is 2. The fourth-order valence-corrected chi connectivity index (χ4v) is 1.27. The average molecular weight is 214 g/mol. The van der Waals surface area contributed by atoms with Gasteiger partial charge < -0.3 is 10.4 Å². The smallest absolute Gasteiger partial charge is 0.337 e. The first-order valence-corrected chi connectivity index (χ1v) is 4.18. The maximum absolute atomic E-state index is 10.8. The van der Waals surface area contributed by atoms with E-state index in [0.29, 0.717) is 17.0 Å². The zero-order valence-corrected chi connectivity index (χ0v) is 8.13. The van der Waals surface area contributed by atoms with E-state index in [1.54, 1.807) is 6.92 Å². The summed E-state index contributed by atoms with van der Waals surface area (Å²) in [6.45, 7) is 1.64. The van der Waals surface area contributed by atoms with Gasteiger partial charge in [0.2, 0.25) is 6.41 Å². The van der Waals surface area contributed by atoms with Crippen LogP contribution in [0.15, 0.2) is 12.1 Å². The molecule has 0 bridgehead atoms. The molecule has 0 atom stereocenters. The predicted molar refractivity (Wildman–Crippen MR) is 52.8 cm³/mol. The summed E-state index contributed by atoms with van der Waals surface area (Å²) in [5.41, 5.74) is 0.803. The topological polar surface area (TPSA) is 66.4 Å². The Morgan fingerprint density at radius 2 is 2.21 bits per heavy atom. The molecule has 0 aliphatic heterocycles. The van der Waals surface area contributed by atoms with Crippen molar-refractivity contribution in [3.63, 3.8) is 0 Å². The highest BCUT2D eigenvalue weighted by Crippen LogP contribution is 2.27. The molecule has 14 heavy (non-hydrogen) atoms. The number of aromatic carboxylic acids is 1. The molecule has 0 spiro atoms. The molecule has 1 rings (SSSR count). The Hall–Kier alpha value is -1.55. The van der Waals surface area contributed by atoms with E-state index in [1.165, 1.54) is 12.1 Å². The zero-order valence-electron chi connectivity index (χ0n) is 7.37. The Kier molecular flexibility index (Phi) is 3.09. The van der Waals surface area contributed by atoms with Crippen molar-refractivity contribution in [3.8, 4) is 0 Å². The highest BCUT2D eigenvalue weighted by Gasteiger charge is 2.13. The molecule has 0 radical (unpaired) electrons. The van der Waals surface area contributed by atoms with Crippen molar-refractivity contribution in [2.24, 2.45) is 0 Å². The van der Waals surface area contributed by atoms with E-state index >= 15 is 0 Å². The summed E-state index contributed by atoms with van der Waals surface area (Å²) in [6, 6.07) is 2.83. The number of anilines is 1. The van der Waals surface area contributed by atoms with Crippen molar-refractivity contribution >= 4 is 29.7 Å². The molecule has 0 aromatic heterocycles. The Labute approximate surface area is 85.5 Å². The van der Waals surface area contributed by atoms with Crippen LogP contribution in [0.25, 0.3) is 0 Å². The molecule has 4 nitrogen and oxygen atoms in total. The number of rotatable bonds is 3. The predicted octanol–water partition coefficient (Wildman–Crippen LogP) is 1.91. The third kappa shape index (κ3) is 1.85. The van der Waals surface area contributed by atoms with Crippen LogP contribution < -0.4 is 5.32 Å². The molecule has 2 N–H and O–H groups in total. The van der Waals surface area contributed by atoms with E-state index in [0.717, 1.165) is 0 Å². The molecule has 1 aromatic carbocycles. The van der Waals surface area contributed by atoms with Gasteiger partial charge in [-0.05, 0) is 24.6 Å². The summed E-state index contributed by atoms with van der Waals surface area (Å²) in [5.74, 6) is -1.10. The first-order chi connectivity index (χ1) is 6.57. The summed E-state index contributed by atoms with van der Waals surface area (Å²) in [5, 5.41) is 11.5. The van der Waals surface area contributed by atoms with Crippen LogP contribution in [0, 0.1) is 6.92 Å². The minimum Gasteiger partial charge on any atom is -0.478 e. The summed E-state index contributed by atoms with van der Waals surface area (Å²) >= 11 is 5.78. The number of carboxylic acids is 1. The van der Waals surface area contributed by atoms with Gasteiger partial charge in [-0.25, -0.2) is 4.79 Å². The standard InChI is InChI=1S/C9H8ClNO3/c1-5-7(10)3-2-6(9(13)14)8(5)11-4-12/h2-4H,1H3,(H,11,12)(H,13,14). The lowest BCUT2D eigenvalue weighted by molar-refractivity contribution is -0.105. The van der Waals surface area contributed by atoms with E-state index in [-0.39, 0.29) is 11.3 Å². The fourth-order valence-electron chi connectivity index (χ4n) is 1.11. The molecule has 0 aliphatic rings. The number of halogens is 1. The Balaban J connectivity index is 3.36. The largest absolute Gasteiger partial charge is 0.478 e. The van der Waals surface area contributed by atoms with Gasteiger partial charge in [-0.3, -0.25) is 4.79 Å². The van der Waals surface area contributed by atoms with Crippen molar-refractivity contribution in [2.45, 2.75) is 6.92 Å². The van der Waals surface area contributed by atoms with Gasteiger partial charge in [0.25, 0.3) is 0 Å². The van der Waals surface area contributed by atoms with Crippen molar-refractivity contribution in [2.75, 3.05) is 5.32 Å². The second-order valence-electron chi connectivity index (χ2n) is 2.66. The van der Waals surface area contributed by atoms with Gasteiger partial charge in [0, 0.05) is 5.02 Å². The van der Waals surface area contributed by atoms with Crippen molar-refractivity contribution in [1.29, 1.82) is 0 Å². The van der Waals surface area contributed by atoms with Crippen LogP contribution in [0.1, 0.15) is 15.9 Å². The molecule has 0 unspecified atom stereocenters. The Morgan fingerprint density at radius 1 is 1.57 bits per heavy atom. The van der Waals surface area contributed by atoms with Crippen molar-refractivity contribution in [3.05, 3.63) is 28.3 Å². The molecule has 0 saturated heterocycles. The second-order valence-corrected chi connectivity index (χ2v) is 3.07. The van der Waals surface area contributed by atoms with Crippen LogP contribution in [0.5, 0.6) is 0 Å². The SMILES string of the molecule is Cc1c(Cl)ccc(C(=O)O)c1NC=O. The van der Waals surface area contributed by atoms with Gasteiger partial charge in [0.05, 0.1) is 11.3 Å². The molecular weight excluding hydrogens is 206 g/mol. The molecule has 0 saturated carbocycles. The van der Waals surface area contributed by atoms with Crippen LogP contribution in [-0.4, -0.2) is 17.5 Å². The summed E-state index contributed by atoms with van der Waals surface area (Å²) in [7, 11) is 0. The first-order valence-electron chi connectivity index (χ1n) is 3.80. The number of benzene rings is 1. The van der Waals surface area contributed by atoms with Crippen LogP contribution in [-0.2, 0) is 4.79 Å². The van der Waals surface area contributed by atoms with E-state index < -0.39 is 5.97 Å². The van der Waals surface area contributed by atoms with E-state index in [2.05, 4.69) is 5.32 Å². The lowest BCUT2D eigenvalue weighted by Crippen LogP contribution is -2.06. The number of carboxylic acid groups (broad SMARTS) is 1. The molecule has 0 heterocycles. The number of carbonyl (C=O) groups excluding carboxylic acids is 1. The second kappa shape index (κ2) is 4.11. The van der Waals surface area contributed by atoms with Crippen molar-refractivity contribution < 1.29 is 14.7 Å². The highest BCUT2D eigenvalue weighted by atomic mass is 35.5. The first kappa shape index (κ1) is 10.5. The third-order valence-corrected chi connectivity index (χ3v) is 2.24. The minimum absolute atomic E-state index is 0.0269. The third-order valence-electron chi connectivity index (χ3n) is 1.83. The fraction of sp³-hybridized carbons (Fsp3) is 0.111. The Bertz CT molecular complexity index is 390. The number of carbonyl (C=O) groups is 2. The molecule has 74 valence electrons. The van der Waals surface area contributed by atoms with Crippen LogP contribution in [0.3, 0.4) is 0 Å². The van der Waals surface area contributed by atoms with E-state index in [9.17, 15) is 9.59 Å². The summed E-state index contributed by atoms with van der Waals surface area (Å²) in [6.07, 6.45) is 0.422. The summed E-state index contributed by atoms with van der Waals surface area (Å²) in [4.78, 5) is 21.0. The van der Waals surface area contributed by atoms with E-state index in [1.807, 2.05) is 0 Å². The van der Waals surface area contributed by atoms with Crippen LogP contribution >= 0.6 is 11.6 Å². The van der Waals surface area contributed by atoms with Gasteiger partial charge in [0.15, 0.2) is 0 Å².